The molecule has 19 heavy (non-hydrogen) atoms. The summed E-state index contributed by atoms with van der Waals surface area (Å²) in [6, 6.07) is 3.09. The van der Waals surface area contributed by atoms with E-state index in [1.807, 2.05) is 11.8 Å². The molecule has 1 aliphatic heterocycles. The third kappa shape index (κ3) is 3.11. The second kappa shape index (κ2) is 5.83. The summed E-state index contributed by atoms with van der Waals surface area (Å²) >= 11 is 0. The molecule has 2 rings (SSSR count). The van der Waals surface area contributed by atoms with Crippen LogP contribution in [0.2, 0.25) is 0 Å². The number of aliphatic hydroxyl groups excluding tert-OH is 1. The van der Waals surface area contributed by atoms with E-state index in [9.17, 15) is 15.2 Å². The van der Waals surface area contributed by atoms with Crippen LogP contribution in [0.25, 0.3) is 0 Å². The van der Waals surface area contributed by atoms with Crippen molar-refractivity contribution in [3.8, 4) is 0 Å². The summed E-state index contributed by atoms with van der Waals surface area (Å²) in [5.74, 6) is 1.02. The van der Waals surface area contributed by atoms with Gasteiger partial charge in [-0.05, 0) is 25.8 Å². The van der Waals surface area contributed by atoms with E-state index in [4.69, 9.17) is 0 Å². The predicted octanol–water partition coefficient (Wildman–Crippen LogP) is 1.38. The molecular formula is C12H18N4O3. The van der Waals surface area contributed by atoms with E-state index in [0.29, 0.717) is 44.1 Å². The van der Waals surface area contributed by atoms with Crippen molar-refractivity contribution in [2.24, 2.45) is 0 Å². The van der Waals surface area contributed by atoms with Gasteiger partial charge in [-0.15, -0.1) is 0 Å². The molecule has 0 aliphatic carbocycles. The highest BCUT2D eigenvalue weighted by atomic mass is 16.6. The number of rotatable bonds is 4. The SMILES string of the molecule is CCNc1ccc([N+](=O)[O-])c(N2CCC(O)CC2)n1. The van der Waals surface area contributed by atoms with Gasteiger partial charge in [0.05, 0.1) is 11.0 Å². The number of nitro groups is 1. The summed E-state index contributed by atoms with van der Waals surface area (Å²) in [7, 11) is 0. The lowest BCUT2D eigenvalue weighted by Gasteiger charge is -2.30. The molecule has 2 N–H and O–H groups in total. The van der Waals surface area contributed by atoms with Crippen molar-refractivity contribution >= 4 is 17.3 Å². The second-order valence-electron chi connectivity index (χ2n) is 4.54. The summed E-state index contributed by atoms with van der Waals surface area (Å²) in [5.41, 5.74) is 0.0121. The van der Waals surface area contributed by atoms with E-state index in [1.54, 1.807) is 6.07 Å². The third-order valence-corrected chi connectivity index (χ3v) is 3.17. The molecule has 0 atom stereocenters. The molecule has 7 heteroatoms. The quantitative estimate of drug-likeness (QED) is 0.632. The van der Waals surface area contributed by atoms with Gasteiger partial charge in [0.25, 0.3) is 0 Å². The number of aliphatic hydroxyl groups is 1. The number of pyridine rings is 1. The van der Waals surface area contributed by atoms with Crippen molar-refractivity contribution in [1.82, 2.24) is 4.98 Å². The number of anilines is 2. The van der Waals surface area contributed by atoms with Crippen molar-refractivity contribution < 1.29 is 10.0 Å². The Kier molecular flexibility index (Phi) is 4.16. The van der Waals surface area contributed by atoms with Crippen LogP contribution in [0.1, 0.15) is 19.8 Å². The van der Waals surface area contributed by atoms with Gasteiger partial charge in [0.1, 0.15) is 5.82 Å². The van der Waals surface area contributed by atoms with E-state index < -0.39 is 4.92 Å². The fourth-order valence-corrected chi connectivity index (χ4v) is 2.17. The largest absolute Gasteiger partial charge is 0.393 e. The summed E-state index contributed by atoms with van der Waals surface area (Å²) in [5, 5.41) is 23.6. The molecule has 1 aromatic heterocycles. The summed E-state index contributed by atoms with van der Waals surface area (Å²) in [6.07, 6.45) is 0.918. The average molecular weight is 266 g/mol. The Labute approximate surface area is 111 Å². The van der Waals surface area contributed by atoms with Crippen LogP contribution in [0.5, 0.6) is 0 Å². The highest BCUT2D eigenvalue weighted by Gasteiger charge is 2.25. The Morgan fingerprint density at radius 2 is 2.21 bits per heavy atom. The van der Waals surface area contributed by atoms with Gasteiger partial charge in [0.2, 0.25) is 5.82 Å². The lowest BCUT2D eigenvalue weighted by molar-refractivity contribution is -0.384. The van der Waals surface area contributed by atoms with Crippen molar-refractivity contribution in [3.05, 3.63) is 22.2 Å². The summed E-state index contributed by atoms with van der Waals surface area (Å²) in [4.78, 5) is 16.8. The maximum absolute atomic E-state index is 11.1. The van der Waals surface area contributed by atoms with Crippen LogP contribution < -0.4 is 10.2 Å². The third-order valence-electron chi connectivity index (χ3n) is 3.17. The maximum Gasteiger partial charge on any atom is 0.311 e. The van der Waals surface area contributed by atoms with Crippen molar-refractivity contribution in [2.45, 2.75) is 25.9 Å². The standard InChI is InChI=1S/C12H18N4O3/c1-2-13-11-4-3-10(16(18)19)12(14-11)15-7-5-9(17)6-8-15/h3-4,9,17H,2,5-8H2,1H3,(H,13,14). The van der Waals surface area contributed by atoms with Crippen LogP contribution in [0, 0.1) is 10.1 Å². The molecular weight excluding hydrogens is 248 g/mol. The molecule has 0 bridgehead atoms. The van der Waals surface area contributed by atoms with Crippen LogP contribution in [0.4, 0.5) is 17.3 Å². The van der Waals surface area contributed by atoms with Crippen molar-refractivity contribution in [2.75, 3.05) is 29.9 Å². The van der Waals surface area contributed by atoms with Gasteiger partial charge < -0.3 is 15.3 Å². The first kappa shape index (κ1) is 13.5. The zero-order valence-corrected chi connectivity index (χ0v) is 10.9. The van der Waals surface area contributed by atoms with Gasteiger partial charge in [-0.25, -0.2) is 4.98 Å². The smallest absolute Gasteiger partial charge is 0.311 e. The second-order valence-corrected chi connectivity index (χ2v) is 4.54. The Bertz CT molecular complexity index is 458. The Hall–Kier alpha value is -1.89. The van der Waals surface area contributed by atoms with Gasteiger partial charge in [-0.3, -0.25) is 10.1 Å². The molecule has 0 spiro atoms. The minimum atomic E-state index is -0.414. The molecule has 0 unspecified atom stereocenters. The van der Waals surface area contributed by atoms with Crippen LogP contribution in [-0.2, 0) is 0 Å². The van der Waals surface area contributed by atoms with Crippen LogP contribution in [0.3, 0.4) is 0 Å². The van der Waals surface area contributed by atoms with Crippen molar-refractivity contribution in [1.29, 1.82) is 0 Å². The first-order valence-electron chi connectivity index (χ1n) is 6.44. The number of hydrogen-bond donors (Lipinski definition) is 2. The first-order valence-corrected chi connectivity index (χ1v) is 6.44. The topological polar surface area (TPSA) is 91.5 Å². The molecule has 104 valence electrons. The highest BCUT2D eigenvalue weighted by Crippen LogP contribution is 2.29. The molecule has 0 aromatic carbocycles. The fraction of sp³-hybridized carbons (Fsp3) is 0.583. The molecule has 0 radical (unpaired) electrons. The lowest BCUT2D eigenvalue weighted by atomic mass is 10.1. The molecule has 1 saturated heterocycles. The minimum Gasteiger partial charge on any atom is -0.393 e. The van der Waals surface area contributed by atoms with E-state index in [0.717, 1.165) is 0 Å². The molecule has 1 aromatic rings. The van der Waals surface area contributed by atoms with Crippen molar-refractivity contribution in [3.63, 3.8) is 0 Å². The Morgan fingerprint density at radius 1 is 1.53 bits per heavy atom. The average Bonchev–Trinajstić information content (AvgIpc) is 2.39. The lowest BCUT2D eigenvalue weighted by Crippen LogP contribution is -2.36. The van der Waals surface area contributed by atoms with E-state index >= 15 is 0 Å². The zero-order chi connectivity index (χ0) is 13.8. The number of hydrogen-bond acceptors (Lipinski definition) is 6. The van der Waals surface area contributed by atoms with E-state index in [2.05, 4.69) is 10.3 Å². The van der Waals surface area contributed by atoms with Gasteiger partial charge >= 0.3 is 5.69 Å². The number of piperidine rings is 1. The number of nitrogens with zero attached hydrogens (tertiary/aromatic N) is 3. The van der Waals surface area contributed by atoms with Crippen LogP contribution in [0.15, 0.2) is 12.1 Å². The molecule has 1 fully saturated rings. The fourth-order valence-electron chi connectivity index (χ4n) is 2.17. The Balaban J connectivity index is 2.29. The maximum atomic E-state index is 11.1. The Morgan fingerprint density at radius 3 is 2.79 bits per heavy atom. The molecule has 7 nitrogen and oxygen atoms in total. The summed E-state index contributed by atoms with van der Waals surface area (Å²) in [6.45, 7) is 3.83. The highest BCUT2D eigenvalue weighted by molar-refractivity contribution is 5.62. The van der Waals surface area contributed by atoms with Gasteiger partial charge in [-0.1, -0.05) is 0 Å². The molecule has 2 heterocycles. The van der Waals surface area contributed by atoms with E-state index in [1.165, 1.54) is 6.07 Å². The molecule has 1 aliphatic rings. The summed E-state index contributed by atoms with van der Waals surface area (Å²) < 4.78 is 0. The van der Waals surface area contributed by atoms with Crippen LogP contribution >= 0.6 is 0 Å². The van der Waals surface area contributed by atoms with Gasteiger partial charge in [0, 0.05) is 25.7 Å². The van der Waals surface area contributed by atoms with E-state index in [-0.39, 0.29) is 11.8 Å². The zero-order valence-electron chi connectivity index (χ0n) is 10.9. The normalized spacial score (nSPS) is 16.4. The predicted molar refractivity (Wildman–Crippen MR) is 72.5 cm³/mol. The first-order chi connectivity index (χ1) is 9.11. The molecule has 0 saturated carbocycles. The van der Waals surface area contributed by atoms with Crippen LogP contribution in [-0.4, -0.2) is 40.8 Å². The number of nitrogens with one attached hydrogen (secondary N) is 1. The minimum absolute atomic E-state index is 0.0121. The molecule has 0 amide bonds. The van der Waals surface area contributed by atoms with Gasteiger partial charge in [-0.2, -0.15) is 0 Å². The number of aromatic nitrogens is 1. The van der Waals surface area contributed by atoms with Gasteiger partial charge in [0.15, 0.2) is 0 Å². The monoisotopic (exact) mass is 266 g/mol.